The van der Waals surface area contributed by atoms with Gasteiger partial charge in [-0.05, 0) is 30.3 Å². The Morgan fingerprint density at radius 1 is 1.07 bits per heavy atom. The molecule has 0 unspecified atom stereocenters. The number of nitrogens with zero attached hydrogens (tertiary/aromatic N) is 1. The van der Waals surface area contributed by atoms with Gasteiger partial charge in [0, 0.05) is 18.0 Å². The quantitative estimate of drug-likeness (QED) is 0.554. The van der Waals surface area contributed by atoms with Gasteiger partial charge in [0.05, 0.1) is 32.0 Å². The van der Waals surface area contributed by atoms with E-state index in [4.69, 9.17) is 25.8 Å². The van der Waals surface area contributed by atoms with Crippen LogP contribution in [0, 0.1) is 11.3 Å². The third kappa shape index (κ3) is 5.06. The van der Waals surface area contributed by atoms with Crippen molar-refractivity contribution in [2.75, 3.05) is 32.0 Å². The number of ether oxygens (including phenoxy) is 3. The standard InChI is InChI=1S/C19H18ClN3O4/c1-25-14-5-6-16(18(9-14)27-3)22-11-12(10-21)19(24)23-13-4-7-17(26-2)15(20)8-13/h4-9,11,22H,1-3H3,(H,23,24)/b12-11-. The topological polar surface area (TPSA) is 92.6 Å². The molecule has 0 aliphatic carbocycles. The van der Waals surface area contributed by atoms with Gasteiger partial charge in [0.25, 0.3) is 5.91 Å². The van der Waals surface area contributed by atoms with Crippen LogP contribution in [0.1, 0.15) is 0 Å². The van der Waals surface area contributed by atoms with E-state index in [1.807, 2.05) is 6.07 Å². The lowest BCUT2D eigenvalue weighted by Gasteiger charge is -2.11. The second kappa shape index (κ2) is 9.36. The first-order valence-corrected chi connectivity index (χ1v) is 8.14. The highest BCUT2D eigenvalue weighted by atomic mass is 35.5. The number of halogens is 1. The first-order valence-electron chi connectivity index (χ1n) is 7.76. The largest absolute Gasteiger partial charge is 0.497 e. The number of carbonyl (C=O) groups is 1. The normalized spacial score (nSPS) is 10.6. The smallest absolute Gasteiger partial charge is 0.267 e. The minimum Gasteiger partial charge on any atom is -0.497 e. The van der Waals surface area contributed by atoms with Crippen molar-refractivity contribution in [2.45, 2.75) is 0 Å². The van der Waals surface area contributed by atoms with Gasteiger partial charge < -0.3 is 24.8 Å². The Bertz CT molecular complexity index is 906. The summed E-state index contributed by atoms with van der Waals surface area (Å²) in [6.07, 6.45) is 1.30. The van der Waals surface area contributed by atoms with Gasteiger partial charge in [-0.25, -0.2) is 0 Å². The Labute approximate surface area is 162 Å². The summed E-state index contributed by atoms with van der Waals surface area (Å²) in [7, 11) is 4.55. The molecule has 140 valence electrons. The van der Waals surface area contributed by atoms with Crippen molar-refractivity contribution in [3.63, 3.8) is 0 Å². The number of benzene rings is 2. The molecule has 2 N–H and O–H groups in total. The molecule has 8 heteroatoms. The van der Waals surface area contributed by atoms with Gasteiger partial charge in [-0.2, -0.15) is 5.26 Å². The van der Waals surface area contributed by atoms with E-state index in [1.165, 1.54) is 26.5 Å². The van der Waals surface area contributed by atoms with Gasteiger partial charge in [-0.15, -0.1) is 0 Å². The van der Waals surface area contributed by atoms with Crippen LogP contribution >= 0.6 is 11.6 Å². The lowest BCUT2D eigenvalue weighted by molar-refractivity contribution is -0.112. The molecule has 0 heterocycles. The van der Waals surface area contributed by atoms with Crippen molar-refractivity contribution >= 4 is 28.9 Å². The molecule has 1 amide bonds. The van der Waals surface area contributed by atoms with E-state index in [2.05, 4.69) is 10.6 Å². The molecule has 2 aromatic carbocycles. The highest BCUT2D eigenvalue weighted by molar-refractivity contribution is 6.32. The molecular weight excluding hydrogens is 370 g/mol. The third-order valence-electron chi connectivity index (χ3n) is 3.56. The average molecular weight is 388 g/mol. The van der Waals surface area contributed by atoms with Gasteiger partial charge in [-0.3, -0.25) is 4.79 Å². The van der Waals surface area contributed by atoms with Gasteiger partial charge in [0.15, 0.2) is 0 Å². The molecule has 0 aromatic heterocycles. The van der Waals surface area contributed by atoms with Crippen molar-refractivity contribution in [3.05, 3.63) is 53.2 Å². The third-order valence-corrected chi connectivity index (χ3v) is 3.85. The van der Waals surface area contributed by atoms with Crippen molar-refractivity contribution in [3.8, 4) is 23.3 Å². The summed E-state index contributed by atoms with van der Waals surface area (Å²) in [5.74, 6) is 1.03. The first kappa shape index (κ1) is 19.9. The Kier molecular flexibility index (Phi) is 6.92. The van der Waals surface area contributed by atoms with E-state index in [1.54, 1.807) is 37.4 Å². The van der Waals surface area contributed by atoms with Crippen LogP contribution in [-0.2, 0) is 4.79 Å². The van der Waals surface area contributed by atoms with Crippen molar-refractivity contribution in [1.29, 1.82) is 5.26 Å². The zero-order valence-electron chi connectivity index (χ0n) is 15.0. The van der Waals surface area contributed by atoms with Gasteiger partial charge in [0.1, 0.15) is 28.9 Å². The summed E-state index contributed by atoms with van der Waals surface area (Å²) in [6, 6.07) is 11.8. The van der Waals surface area contributed by atoms with E-state index in [0.29, 0.717) is 33.6 Å². The predicted molar refractivity (Wildman–Crippen MR) is 103 cm³/mol. The number of rotatable bonds is 7. The molecule has 0 atom stereocenters. The number of amides is 1. The Balaban J connectivity index is 2.15. The predicted octanol–water partition coefficient (Wildman–Crippen LogP) is 3.82. The first-order chi connectivity index (χ1) is 13.0. The van der Waals surface area contributed by atoms with Crippen LogP contribution in [0.25, 0.3) is 0 Å². The molecule has 2 rings (SSSR count). The number of nitrogens with one attached hydrogen (secondary N) is 2. The number of nitriles is 1. The monoisotopic (exact) mass is 387 g/mol. The van der Waals surface area contributed by atoms with Crippen LogP contribution in [0.5, 0.6) is 17.2 Å². The van der Waals surface area contributed by atoms with E-state index < -0.39 is 5.91 Å². The van der Waals surface area contributed by atoms with Gasteiger partial charge >= 0.3 is 0 Å². The highest BCUT2D eigenvalue weighted by Gasteiger charge is 2.12. The maximum Gasteiger partial charge on any atom is 0.267 e. The fourth-order valence-corrected chi connectivity index (χ4v) is 2.42. The molecule has 0 fully saturated rings. The van der Waals surface area contributed by atoms with Crippen LogP contribution in [0.2, 0.25) is 5.02 Å². The van der Waals surface area contributed by atoms with Crippen molar-refractivity contribution in [2.24, 2.45) is 0 Å². The maximum atomic E-state index is 12.3. The second-order valence-corrected chi connectivity index (χ2v) is 5.59. The molecule has 27 heavy (non-hydrogen) atoms. The highest BCUT2D eigenvalue weighted by Crippen LogP contribution is 2.29. The number of anilines is 2. The minimum absolute atomic E-state index is 0.125. The lowest BCUT2D eigenvalue weighted by Crippen LogP contribution is -2.14. The summed E-state index contributed by atoms with van der Waals surface area (Å²) in [4.78, 5) is 12.3. The molecule has 0 saturated heterocycles. The molecular formula is C19H18ClN3O4. The molecule has 0 saturated carbocycles. The molecule has 2 aromatic rings. The number of hydrogen-bond acceptors (Lipinski definition) is 6. The van der Waals surface area contributed by atoms with E-state index >= 15 is 0 Å². The molecule has 0 aliphatic heterocycles. The average Bonchev–Trinajstić information content (AvgIpc) is 2.68. The van der Waals surface area contributed by atoms with Gasteiger partial charge in [0.2, 0.25) is 0 Å². The fourth-order valence-electron chi connectivity index (χ4n) is 2.16. The van der Waals surface area contributed by atoms with E-state index in [9.17, 15) is 10.1 Å². The number of methoxy groups -OCH3 is 3. The van der Waals surface area contributed by atoms with Crippen LogP contribution < -0.4 is 24.8 Å². The van der Waals surface area contributed by atoms with Crippen LogP contribution in [0.3, 0.4) is 0 Å². The lowest BCUT2D eigenvalue weighted by atomic mass is 10.2. The summed E-state index contributed by atoms with van der Waals surface area (Å²) >= 11 is 6.03. The minimum atomic E-state index is -0.585. The zero-order chi connectivity index (χ0) is 19.8. The molecule has 0 spiro atoms. The SMILES string of the molecule is COc1ccc(N/C=C(/C#N)C(=O)Nc2ccc(OC)c(Cl)c2)c(OC)c1. The Morgan fingerprint density at radius 3 is 2.41 bits per heavy atom. The van der Waals surface area contributed by atoms with Gasteiger partial charge in [-0.1, -0.05) is 11.6 Å². The fraction of sp³-hybridized carbons (Fsp3) is 0.158. The van der Waals surface area contributed by atoms with Crippen LogP contribution in [0.15, 0.2) is 48.2 Å². The molecule has 7 nitrogen and oxygen atoms in total. The zero-order valence-corrected chi connectivity index (χ0v) is 15.8. The Morgan fingerprint density at radius 2 is 1.81 bits per heavy atom. The molecule has 0 aliphatic rings. The van der Waals surface area contributed by atoms with Crippen LogP contribution in [-0.4, -0.2) is 27.2 Å². The molecule has 0 bridgehead atoms. The number of hydrogen-bond donors (Lipinski definition) is 2. The van der Waals surface area contributed by atoms with Crippen molar-refractivity contribution in [1.82, 2.24) is 0 Å². The van der Waals surface area contributed by atoms with E-state index in [0.717, 1.165) is 0 Å². The summed E-state index contributed by atoms with van der Waals surface area (Å²) in [6.45, 7) is 0. The van der Waals surface area contributed by atoms with Crippen LogP contribution in [0.4, 0.5) is 11.4 Å². The summed E-state index contributed by atoms with van der Waals surface area (Å²) < 4.78 is 15.5. The van der Waals surface area contributed by atoms with E-state index in [-0.39, 0.29) is 5.57 Å². The second-order valence-electron chi connectivity index (χ2n) is 5.18. The molecule has 0 radical (unpaired) electrons. The number of carbonyl (C=O) groups excluding carboxylic acids is 1. The summed E-state index contributed by atoms with van der Waals surface area (Å²) in [5.41, 5.74) is 0.889. The Hall–Kier alpha value is -3.37. The van der Waals surface area contributed by atoms with Crippen molar-refractivity contribution < 1.29 is 19.0 Å². The maximum absolute atomic E-state index is 12.3. The summed E-state index contributed by atoms with van der Waals surface area (Å²) in [5, 5.41) is 15.1.